The van der Waals surface area contributed by atoms with Gasteiger partial charge in [-0.2, -0.15) is 0 Å². The summed E-state index contributed by atoms with van der Waals surface area (Å²) in [6.45, 7) is 6.04. The summed E-state index contributed by atoms with van der Waals surface area (Å²) in [5.74, 6) is 0. The number of nitrogens with one attached hydrogen (secondary N) is 1. The zero-order valence-corrected chi connectivity index (χ0v) is 12.3. The lowest BCUT2D eigenvalue weighted by Gasteiger charge is -2.06. The summed E-state index contributed by atoms with van der Waals surface area (Å²) in [4.78, 5) is 4.37. The van der Waals surface area contributed by atoms with Gasteiger partial charge >= 0.3 is 0 Å². The molecule has 0 bridgehead atoms. The van der Waals surface area contributed by atoms with Gasteiger partial charge in [0.1, 0.15) is 0 Å². The van der Waals surface area contributed by atoms with E-state index in [0.29, 0.717) is 6.04 Å². The first kappa shape index (κ1) is 13.3. The zero-order valence-electron chi connectivity index (χ0n) is 10.7. The smallest absolute Gasteiger partial charge is 0.0642 e. The van der Waals surface area contributed by atoms with Crippen LogP contribution >= 0.6 is 15.9 Å². The third kappa shape index (κ3) is 3.96. The molecule has 0 fully saturated rings. The van der Waals surface area contributed by atoms with Crippen molar-refractivity contribution in [1.82, 2.24) is 14.9 Å². The third-order valence-corrected chi connectivity index (χ3v) is 3.13. The van der Waals surface area contributed by atoms with Gasteiger partial charge in [0.15, 0.2) is 0 Å². The van der Waals surface area contributed by atoms with Gasteiger partial charge in [0.05, 0.1) is 12.2 Å². The maximum atomic E-state index is 4.37. The van der Waals surface area contributed by atoms with Crippen molar-refractivity contribution in [2.24, 2.45) is 0 Å². The molecule has 4 heteroatoms. The first-order valence-corrected chi connectivity index (χ1v) is 6.91. The molecule has 1 N–H and O–H groups in total. The Labute approximate surface area is 116 Å². The molecule has 0 amide bonds. The summed E-state index contributed by atoms with van der Waals surface area (Å²) in [5.41, 5.74) is 2.37. The van der Waals surface area contributed by atoms with E-state index < -0.39 is 0 Å². The Morgan fingerprint density at radius 3 is 2.83 bits per heavy atom. The Bertz CT molecular complexity index is 488. The summed E-state index contributed by atoms with van der Waals surface area (Å²) in [6, 6.07) is 6.72. The molecule has 18 heavy (non-hydrogen) atoms. The van der Waals surface area contributed by atoms with Crippen LogP contribution in [0.1, 0.15) is 25.1 Å². The second-order valence-corrected chi connectivity index (χ2v) is 5.61. The molecule has 0 saturated carbocycles. The second kappa shape index (κ2) is 6.16. The van der Waals surface area contributed by atoms with Crippen molar-refractivity contribution in [3.63, 3.8) is 0 Å². The molecule has 0 radical (unpaired) electrons. The summed E-state index contributed by atoms with van der Waals surface area (Å²) in [5, 5.41) is 3.41. The minimum Gasteiger partial charge on any atom is -0.348 e. The second-order valence-electron chi connectivity index (χ2n) is 4.70. The maximum absolute atomic E-state index is 4.37. The van der Waals surface area contributed by atoms with Gasteiger partial charge in [-0.3, -0.25) is 4.98 Å². The third-order valence-electron chi connectivity index (χ3n) is 2.66. The molecule has 2 aromatic heterocycles. The fourth-order valence-corrected chi connectivity index (χ4v) is 1.94. The van der Waals surface area contributed by atoms with E-state index in [4.69, 9.17) is 0 Å². The number of pyridine rings is 1. The number of nitrogens with zero attached hydrogens (tertiary/aromatic N) is 2. The van der Waals surface area contributed by atoms with Gasteiger partial charge in [0.25, 0.3) is 0 Å². The highest BCUT2D eigenvalue weighted by atomic mass is 79.9. The van der Waals surface area contributed by atoms with Crippen LogP contribution in [0.4, 0.5) is 0 Å². The normalized spacial score (nSPS) is 11.1. The van der Waals surface area contributed by atoms with Crippen LogP contribution in [0.2, 0.25) is 0 Å². The van der Waals surface area contributed by atoms with E-state index in [1.54, 1.807) is 0 Å². The van der Waals surface area contributed by atoms with Crippen LogP contribution in [0.3, 0.4) is 0 Å². The lowest BCUT2D eigenvalue weighted by molar-refractivity contribution is 0.588. The summed E-state index contributed by atoms with van der Waals surface area (Å²) in [7, 11) is 0. The SMILES string of the molecule is CC(C)NCc1ccn(Cc2ccc(Br)cn2)c1. The minimum absolute atomic E-state index is 0.515. The Balaban J connectivity index is 1.95. The topological polar surface area (TPSA) is 29.9 Å². The van der Waals surface area contributed by atoms with Crippen LogP contribution in [0.15, 0.2) is 41.3 Å². The Kier molecular flexibility index (Phi) is 4.55. The highest BCUT2D eigenvalue weighted by Gasteiger charge is 2.00. The number of halogens is 1. The summed E-state index contributed by atoms with van der Waals surface area (Å²) in [6.07, 6.45) is 6.10. The lowest BCUT2D eigenvalue weighted by atomic mass is 10.3. The molecule has 0 aromatic carbocycles. The fraction of sp³-hybridized carbons (Fsp3) is 0.357. The number of rotatable bonds is 5. The van der Waals surface area contributed by atoms with Gasteiger partial charge in [0.2, 0.25) is 0 Å². The predicted octanol–water partition coefficient (Wildman–Crippen LogP) is 3.19. The minimum atomic E-state index is 0.515. The van der Waals surface area contributed by atoms with E-state index in [2.05, 4.69) is 63.1 Å². The van der Waals surface area contributed by atoms with Crippen molar-refractivity contribution in [2.45, 2.75) is 33.0 Å². The average molecular weight is 308 g/mol. The number of hydrogen-bond acceptors (Lipinski definition) is 2. The van der Waals surface area contributed by atoms with Crippen LogP contribution in [0, 0.1) is 0 Å². The molecule has 0 aliphatic rings. The van der Waals surface area contributed by atoms with E-state index in [9.17, 15) is 0 Å². The van der Waals surface area contributed by atoms with Gasteiger partial charge in [-0.25, -0.2) is 0 Å². The van der Waals surface area contributed by atoms with Crippen molar-refractivity contribution >= 4 is 15.9 Å². The van der Waals surface area contributed by atoms with Gasteiger partial charge in [0, 0.05) is 35.6 Å². The van der Waals surface area contributed by atoms with Gasteiger partial charge in [-0.1, -0.05) is 13.8 Å². The van der Waals surface area contributed by atoms with Crippen molar-refractivity contribution in [3.8, 4) is 0 Å². The molecule has 0 aliphatic heterocycles. The quantitative estimate of drug-likeness (QED) is 0.919. The van der Waals surface area contributed by atoms with Crippen LogP contribution < -0.4 is 5.32 Å². The molecular weight excluding hydrogens is 290 g/mol. The molecule has 0 atom stereocenters. The molecule has 3 nitrogen and oxygen atoms in total. The Hall–Kier alpha value is -1.13. The standard InChI is InChI=1S/C14H18BrN3/c1-11(2)16-7-12-5-6-18(9-12)10-14-4-3-13(15)8-17-14/h3-6,8-9,11,16H,7,10H2,1-2H3. The van der Waals surface area contributed by atoms with Gasteiger partial charge in [-0.05, 0) is 39.7 Å². The largest absolute Gasteiger partial charge is 0.348 e. The van der Waals surface area contributed by atoms with Crippen molar-refractivity contribution < 1.29 is 0 Å². The number of aromatic nitrogens is 2. The zero-order chi connectivity index (χ0) is 13.0. The van der Waals surface area contributed by atoms with Crippen LogP contribution in [0.25, 0.3) is 0 Å². The van der Waals surface area contributed by atoms with Crippen LogP contribution in [-0.2, 0) is 13.1 Å². The maximum Gasteiger partial charge on any atom is 0.0642 e. The van der Waals surface area contributed by atoms with E-state index in [1.165, 1.54) is 5.56 Å². The molecule has 2 aromatic rings. The molecule has 0 unspecified atom stereocenters. The Morgan fingerprint density at radius 2 is 2.17 bits per heavy atom. The highest BCUT2D eigenvalue weighted by molar-refractivity contribution is 9.10. The molecule has 0 saturated heterocycles. The van der Waals surface area contributed by atoms with E-state index in [0.717, 1.165) is 23.3 Å². The number of hydrogen-bond donors (Lipinski definition) is 1. The van der Waals surface area contributed by atoms with Crippen LogP contribution in [0.5, 0.6) is 0 Å². The van der Waals surface area contributed by atoms with E-state index >= 15 is 0 Å². The van der Waals surface area contributed by atoms with Crippen molar-refractivity contribution in [3.05, 3.63) is 52.5 Å². The molecule has 0 aliphatic carbocycles. The summed E-state index contributed by atoms with van der Waals surface area (Å²) >= 11 is 3.39. The lowest BCUT2D eigenvalue weighted by Crippen LogP contribution is -2.21. The molecule has 2 rings (SSSR count). The monoisotopic (exact) mass is 307 g/mol. The van der Waals surface area contributed by atoms with Crippen molar-refractivity contribution in [2.75, 3.05) is 0 Å². The average Bonchev–Trinajstić information content (AvgIpc) is 2.77. The fourth-order valence-electron chi connectivity index (χ4n) is 1.70. The molecular formula is C14H18BrN3. The van der Waals surface area contributed by atoms with E-state index in [1.807, 2.05) is 18.3 Å². The molecule has 0 spiro atoms. The Morgan fingerprint density at radius 1 is 1.33 bits per heavy atom. The molecule has 96 valence electrons. The molecule has 2 heterocycles. The first-order chi connectivity index (χ1) is 8.63. The predicted molar refractivity (Wildman–Crippen MR) is 77.4 cm³/mol. The first-order valence-electron chi connectivity index (χ1n) is 6.12. The summed E-state index contributed by atoms with van der Waals surface area (Å²) < 4.78 is 3.17. The van der Waals surface area contributed by atoms with Crippen LogP contribution in [-0.4, -0.2) is 15.6 Å². The van der Waals surface area contributed by atoms with Crippen molar-refractivity contribution in [1.29, 1.82) is 0 Å². The van der Waals surface area contributed by atoms with Gasteiger partial charge in [-0.15, -0.1) is 0 Å². The highest BCUT2D eigenvalue weighted by Crippen LogP contribution is 2.09. The van der Waals surface area contributed by atoms with E-state index in [-0.39, 0.29) is 0 Å². The van der Waals surface area contributed by atoms with Gasteiger partial charge < -0.3 is 9.88 Å².